The average molecular weight is 564 g/mol. The Kier molecular flexibility index (Phi) is 7.89. The topological polar surface area (TPSA) is 73.7 Å². The van der Waals surface area contributed by atoms with Gasteiger partial charge < -0.3 is 14.0 Å². The molecule has 1 aliphatic rings. The van der Waals surface area contributed by atoms with Crippen LogP contribution in [-0.2, 0) is 31.2 Å². The van der Waals surface area contributed by atoms with Crippen LogP contribution in [0.4, 0.5) is 18.0 Å². The number of aryl methyl sites for hydroxylation is 1. The van der Waals surface area contributed by atoms with Gasteiger partial charge in [-0.05, 0) is 54.1 Å². The number of ether oxygens (including phenoxy) is 2. The second kappa shape index (κ2) is 11.0. The number of fused-ring (bicyclic) bond motifs is 1. The zero-order valence-corrected chi connectivity index (χ0v) is 21.5. The van der Waals surface area contributed by atoms with Crippen LogP contribution >= 0.6 is 24.2 Å². The van der Waals surface area contributed by atoms with E-state index in [-0.39, 0.29) is 42.5 Å². The van der Waals surface area contributed by atoms with E-state index in [1.165, 1.54) is 17.0 Å². The first-order valence-electron chi connectivity index (χ1n) is 11.2. The number of imide groups is 1. The molecule has 0 spiro atoms. The Morgan fingerprint density at radius 3 is 2.24 bits per heavy atom. The van der Waals surface area contributed by atoms with Gasteiger partial charge in [-0.3, -0.25) is 14.5 Å². The van der Waals surface area contributed by atoms with E-state index in [0.29, 0.717) is 28.6 Å². The summed E-state index contributed by atoms with van der Waals surface area (Å²) in [6, 6.07) is 16.9. The second-order valence-corrected chi connectivity index (χ2v) is 9.26. The van der Waals surface area contributed by atoms with Gasteiger partial charge in [0.25, 0.3) is 5.24 Å². The number of halogens is 4. The Hall–Kier alpha value is -3.70. The standard InChI is InChI=1S/C26H20F3N3O4S.ClH/c1-31-22-12-20(36-19-8-4-17(5-9-19)26(27,28)29)10-11-21(22)30-23(31)14-35-18-6-2-16(3-7-18)13-32-24(33)15-37-25(32)34;/h2-12H,13-15H2,1H3;1H. The van der Waals surface area contributed by atoms with Gasteiger partial charge in [0.15, 0.2) is 0 Å². The number of rotatable bonds is 7. The summed E-state index contributed by atoms with van der Waals surface area (Å²) in [5.74, 6) is 2.02. The molecule has 1 saturated heterocycles. The maximum absolute atomic E-state index is 12.8. The van der Waals surface area contributed by atoms with E-state index in [1.807, 2.05) is 11.6 Å². The molecular weight excluding hydrogens is 543 g/mol. The number of thioether (sulfide) groups is 1. The summed E-state index contributed by atoms with van der Waals surface area (Å²) >= 11 is 1.01. The summed E-state index contributed by atoms with van der Waals surface area (Å²) in [7, 11) is 1.83. The van der Waals surface area contributed by atoms with Gasteiger partial charge in [0.1, 0.15) is 29.7 Å². The molecule has 38 heavy (non-hydrogen) atoms. The molecule has 1 fully saturated rings. The van der Waals surface area contributed by atoms with Crippen molar-refractivity contribution in [3.8, 4) is 17.2 Å². The number of alkyl halides is 3. The van der Waals surface area contributed by atoms with Crippen molar-refractivity contribution in [2.24, 2.45) is 7.05 Å². The molecule has 2 heterocycles. The van der Waals surface area contributed by atoms with Gasteiger partial charge >= 0.3 is 6.18 Å². The number of hydrogen-bond donors (Lipinski definition) is 0. The third-order valence-corrected chi connectivity index (χ3v) is 6.69. The van der Waals surface area contributed by atoms with Crippen LogP contribution in [0.25, 0.3) is 11.0 Å². The molecule has 5 rings (SSSR count). The van der Waals surface area contributed by atoms with Gasteiger partial charge in [0.2, 0.25) is 5.91 Å². The van der Waals surface area contributed by atoms with Gasteiger partial charge in [0.05, 0.1) is 28.9 Å². The average Bonchev–Trinajstić information content (AvgIpc) is 3.36. The first-order chi connectivity index (χ1) is 17.7. The Morgan fingerprint density at radius 1 is 0.947 bits per heavy atom. The highest BCUT2D eigenvalue weighted by Crippen LogP contribution is 2.32. The lowest BCUT2D eigenvalue weighted by molar-refractivity contribution is -0.137. The highest BCUT2D eigenvalue weighted by atomic mass is 35.5. The first kappa shape index (κ1) is 27.3. The van der Waals surface area contributed by atoms with E-state index in [2.05, 4.69) is 4.98 Å². The molecule has 7 nitrogen and oxygen atoms in total. The van der Waals surface area contributed by atoms with Crippen molar-refractivity contribution in [3.05, 3.63) is 83.7 Å². The van der Waals surface area contributed by atoms with E-state index < -0.39 is 11.7 Å². The fourth-order valence-electron chi connectivity index (χ4n) is 3.82. The molecule has 0 bridgehead atoms. The lowest BCUT2D eigenvalue weighted by Crippen LogP contribution is -2.27. The summed E-state index contributed by atoms with van der Waals surface area (Å²) in [6.45, 7) is 0.423. The molecule has 4 aromatic rings. The van der Waals surface area contributed by atoms with Crippen LogP contribution in [-0.4, -0.2) is 31.4 Å². The van der Waals surface area contributed by atoms with Crippen molar-refractivity contribution in [1.82, 2.24) is 14.5 Å². The third kappa shape index (κ3) is 5.89. The Bertz CT molecular complexity index is 1460. The van der Waals surface area contributed by atoms with Crippen LogP contribution in [0.2, 0.25) is 0 Å². The van der Waals surface area contributed by atoms with E-state index in [0.717, 1.165) is 35.0 Å². The quantitative estimate of drug-likeness (QED) is 0.253. The molecule has 0 saturated carbocycles. The number of imidazole rings is 1. The minimum atomic E-state index is -4.40. The van der Waals surface area contributed by atoms with E-state index in [1.54, 1.807) is 42.5 Å². The minimum absolute atomic E-state index is 0. The van der Waals surface area contributed by atoms with Crippen molar-refractivity contribution >= 4 is 46.3 Å². The normalized spacial score (nSPS) is 13.6. The van der Waals surface area contributed by atoms with Crippen LogP contribution in [0.3, 0.4) is 0 Å². The number of amides is 2. The summed E-state index contributed by atoms with van der Waals surface area (Å²) in [5, 5.41) is -0.236. The number of hydrogen-bond acceptors (Lipinski definition) is 6. The summed E-state index contributed by atoms with van der Waals surface area (Å²) in [6.07, 6.45) is -4.40. The molecule has 1 aromatic heterocycles. The molecule has 0 unspecified atom stereocenters. The van der Waals surface area contributed by atoms with E-state index >= 15 is 0 Å². The molecule has 0 radical (unpaired) electrons. The number of benzene rings is 3. The number of aromatic nitrogens is 2. The molecule has 198 valence electrons. The minimum Gasteiger partial charge on any atom is -0.486 e. The van der Waals surface area contributed by atoms with Crippen molar-refractivity contribution in [3.63, 3.8) is 0 Å². The zero-order valence-electron chi connectivity index (χ0n) is 19.9. The van der Waals surface area contributed by atoms with Crippen molar-refractivity contribution < 1.29 is 32.2 Å². The predicted octanol–water partition coefficient (Wildman–Crippen LogP) is 6.58. The maximum Gasteiger partial charge on any atom is 0.416 e. The monoisotopic (exact) mass is 563 g/mol. The Balaban J connectivity index is 0.00000336. The SMILES string of the molecule is Cl.Cn1c(COc2ccc(CN3C(=O)CSC3=O)cc2)nc2ccc(Oc3ccc(C(F)(F)F)cc3)cc21. The van der Waals surface area contributed by atoms with Gasteiger partial charge in [-0.2, -0.15) is 13.2 Å². The number of carbonyl (C=O) groups is 2. The lowest BCUT2D eigenvalue weighted by atomic mass is 10.2. The highest BCUT2D eigenvalue weighted by Gasteiger charge is 2.30. The molecule has 1 aliphatic heterocycles. The molecule has 0 aliphatic carbocycles. The smallest absolute Gasteiger partial charge is 0.416 e. The van der Waals surface area contributed by atoms with Gasteiger partial charge in [-0.15, -0.1) is 12.4 Å². The van der Waals surface area contributed by atoms with Crippen molar-refractivity contribution in [2.45, 2.75) is 19.3 Å². The molecule has 0 N–H and O–H groups in total. The molecular formula is C26H21ClF3N3O4S. The maximum atomic E-state index is 12.8. The molecule has 2 amide bonds. The number of carbonyl (C=O) groups excluding carboxylic acids is 2. The van der Waals surface area contributed by atoms with Crippen molar-refractivity contribution in [2.75, 3.05) is 5.75 Å². The van der Waals surface area contributed by atoms with Crippen LogP contribution in [0.1, 0.15) is 17.0 Å². The highest BCUT2D eigenvalue weighted by molar-refractivity contribution is 8.14. The van der Waals surface area contributed by atoms with Gasteiger partial charge in [0, 0.05) is 13.1 Å². The molecule has 12 heteroatoms. The van der Waals surface area contributed by atoms with Gasteiger partial charge in [-0.1, -0.05) is 23.9 Å². The Morgan fingerprint density at radius 2 is 1.61 bits per heavy atom. The first-order valence-corrected chi connectivity index (χ1v) is 12.2. The lowest BCUT2D eigenvalue weighted by Gasteiger charge is -2.13. The zero-order chi connectivity index (χ0) is 26.2. The third-order valence-electron chi connectivity index (χ3n) is 5.83. The predicted molar refractivity (Wildman–Crippen MR) is 139 cm³/mol. The van der Waals surface area contributed by atoms with Crippen LogP contribution in [0.15, 0.2) is 66.7 Å². The number of nitrogens with zero attached hydrogens (tertiary/aromatic N) is 3. The van der Waals surface area contributed by atoms with Crippen LogP contribution in [0, 0.1) is 0 Å². The molecule has 0 atom stereocenters. The molecule has 3 aromatic carbocycles. The fraction of sp³-hybridized carbons (Fsp3) is 0.192. The largest absolute Gasteiger partial charge is 0.486 e. The van der Waals surface area contributed by atoms with Gasteiger partial charge in [-0.25, -0.2) is 4.98 Å². The van der Waals surface area contributed by atoms with Crippen LogP contribution in [0.5, 0.6) is 17.2 Å². The second-order valence-electron chi connectivity index (χ2n) is 8.33. The summed E-state index contributed by atoms with van der Waals surface area (Å²) in [4.78, 5) is 29.4. The van der Waals surface area contributed by atoms with E-state index in [4.69, 9.17) is 9.47 Å². The fourth-order valence-corrected chi connectivity index (χ4v) is 4.54. The van der Waals surface area contributed by atoms with Crippen LogP contribution < -0.4 is 9.47 Å². The summed E-state index contributed by atoms with van der Waals surface area (Å²) in [5.41, 5.74) is 1.57. The Labute approximate surface area is 225 Å². The van der Waals surface area contributed by atoms with Crippen molar-refractivity contribution in [1.29, 1.82) is 0 Å². The summed E-state index contributed by atoms with van der Waals surface area (Å²) < 4.78 is 51.8. The van der Waals surface area contributed by atoms with E-state index in [9.17, 15) is 22.8 Å².